The summed E-state index contributed by atoms with van der Waals surface area (Å²) >= 11 is 0. The minimum atomic E-state index is -4.46. The Bertz CT molecular complexity index is 1300. The molecule has 1 aromatic heterocycles. The number of sulfonamides is 1. The van der Waals surface area contributed by atoms with Crippen LogP contribution in [-0.4, -0.2) is 23.9 Å². The maximum Gasteiger partial charge on any atom is 0.417 e. The van der Waals surface area contributed by atoms with Gasteiger partial charge < -0.3 is 4.57 Å². The molecule has 0 atom stereocenters. The Morgan fingerprint density at radius 3 is 2.47 bits per heavy atom. The van der Waals surface area contributed by atoms with E-state index in [-0.39, 0.29) is 11.5 Å². The zero-order valence-electron chi connectivity index (χ0n) is 18.1. The molecule has 0 N–H and O–H groups in total. The van der Waals surface area contributed by atoms with Crippen molar-refractivity contribution < 1.29 is 21.6 Å². The van der Waals surface area contributed by atoms with Crippen molar-refractivity contribution in [2.75, 3.05) is 0 Å². The molecule has 4 rings (SSSR count). The topological polar surface area (TPSA) is 51.4 Å². The number of fused-ring (bicyclic) bond motifs is 1. The molecular formula is C24H25F3N2O2S. The van der Waals surface area contributed by atoms with Crippen LogP contribution in [0.2, 0.25) is 0 Å². The Hall–Kier alpha value is -2.61. The maximum atomic E-state index is 13.6. The number of nitrogens with zero attached hydrogens (tertiary/aromatic N) is 2. The van der Waals surface area contributed by atoms with Gasteiger partial charge in [0.25, 0.3) is 10.0 Å². The van der Waals surface area contributed by atoms with Gasteiger partial charge in [-0.05, 0) is 48.9 Å². The fourth-order valence-electron chi connectivity index (χ4n) is 3.95. The van der Waals surface area contributed by atoms with E-state index in [9.17, 15) is 21.6 Å². The Kier molecular flexibility index (Phi) is 5.69. The summed E-state index contributed by atoms with van der Waals surface area (Å²) in [6, 6.07) is 10.7. The second-order valence-corrected chi connectivity index (χ2v) is 10.6. The predicted molar refractivity (Wildman–Crippen MR) is 121 cm³/mol. The van der Waals surface area contributed by atoms with Crippen molar-refractivity contribution in [1.82, 2.24) is 4.57 Å². The second kappa shape index (κ2) is 8.06. The molecule has 0 aliphatic heterocycles. The molecule has 2 aromatic carbocycles. The SMILES string of the molecule is C/C(=N/S(=O)(=O)C1CC1)c1cn(CC(C)C)c2cc(-c3ccccc3C(F)(F)F)ccc12. The number of hydrogen-bond donors (Lipinski definition) is 0. The molecule has 170 valence electrons. The van der Waals surface area contributed by atoms with Gasteiger partial charge in [0.2, 0.25) is 0 Å². The molecule has 8 heteroatoms. The van der Waals surface area contributed by atoms with Crippen LogP contribution in [0, 0.1) is 5.92 Å². The summed E-state index contributed by atoms with van der Waals surface area (Å²) < 4.78 is 71.4. The van der Waals surface area contributed by atoms with E-state index in [0.29, 0.717) is 36.2 Å². The number of hydrogen-bond acceptors (Lipinski definition) is 2. The summed E-state index contributed by atoms with van der Waals surface area (Å²) in [6.45, 7) is 6.41. The molecule has 1 fully saturated rings. The first-order chi connectivity index (χ1) is 15.0. The van der Waals surface area contributed by atoms with E-state index in [1.54, 1.807) is 31.2 Å². The maximum absolute atomic E-state index is 13.6. The fourth-order valence-corrected chi connectivity index (χ4v) is 5.32. The molecule has 3 aromatic rings. The van der Waals surface area contributed by atoms with Crippen molar-refractivity contribution in [1.29, 1.82) is 0 Å². The normalized spacial score (nSPS) is 15.7. The highest BCUT2D eigenvalue weighted by Crippen LogP contribution is 2.38. The number of alkyl halides is 3. The van der Waals surface area contributed by atoms with Crippen LogP contribution in [0.3, 0.4) is 0 Å². The average molecular weight is 463 g/mol. The molecule has 1 aliphatic rings. The second-order valence-electron chi connectivity index (χ2n) is 8.76. The average Bonchev–Trinajstić information content (AvgIpc) is 3.51. The first kappa shape index (κ1) is 22.6. The number of rotatable bonds is 6. The van der Waals surface area contributed by atoms with E-state index in [4.69, 9.17) is 0 Å². The summed E-state index contributed by atoms with van der Waals surface area (Å²) in [7, 11) is -3.54. The van der Waals surface area contributed by atoms with Gasteiger partial charge in [0.05, 0.1) is 16.5 Å². The molecule has 0 radical (unpaired) electrons. The van der Waals surface area contributed by atoms with Crippen molar-refractivity contribution in [2.45, 2.75) is 51.6 Å². The van der Waals surface area contributed by atoms with Crippen LogP contribution in [0.4, 0.5) is 13.2 Å². The van der Waals surface area contributed by atoms with Gasteiger partial charge in [0.15, 0.2) is 0 Å². The minimum Gasteiger partial charge on any atom is -0.347 e. The number of halogens is 3. The summed E-state index contributed by atoms with van der Waals surface area (Å²) in [5.74, 6) is 0.289. The smallest absolute Gasteiger partial charge is 0.347 e. The molecule has 0 spiro atoms. The van der Waals surface area contributed by atoms with Crippen LogP contribution in [0.15, 0.2) is 53.1 Å². The molecule has 4 nitrogen and oxygen atoms in total. The predicted octanol–water partition coefficient (Wildman–Crippen LogP) is 6.28. The molecule has 1 heterocycles. The molecule has 0 bridgehead atoms. The van der Waals surface area contributed by atoms with Crippen molar-refractivity contribution in [3.8, 4) is 11.1 Å². The molecule has 0 saturated heterocycles. The van der Waals surface area contributed by atoms with Crippen LogP contribution < -0.4 is 0 Å². The minimum absolute atomic E-state index is 0.113. The van der Waals surface area contributed by atoms with Gasteiger partial charge in [-0.3, -0.25) is 0 Å². The Morgan fingerprint density at radius 1 is 1.16 bits per heavy atom. The molecule has 0 unspecified atom stereocenters. The van der Waals surface area contributed by atoms with E-state index in [2.05, 4.69) is 4.40 Å². The standard InChI is InChI=1S/C24H25F3N2O2S/c1-15(2)13-29-14-21(16(3)28-32(30,31)18-9-10-18)20-11-8-17(12-23(20)29)19-6-4-5-7-22(19)24(25,26)27/h4-8,11-12,14-15,18H,9-10,13H2,1-3H3/b28-16-. The van der Waals surface area contributed by atoms with Gasteiger partial charge >= 0.3 is 6.18 Å². The van der Waals surface area contributed by atoms with Crippen molar-refractivity contribution in [3.63, 3.8) is 0 Å². The third-order valence-electron chi connectivity index (χ3n) is 5.59. The van der Waals surface area contributed by atoms with E-state index in [1.807, 2.05) is 24.6 Å². The van der Waals surface area contributed by atoms with E-state index < -0.39 is 27.0 Å². The monoisotopic (exact) mass is 462 g/mol. The fraction of sp³-hybridized carbons (Fsp3) is 0.375. The third-order valence-corrected chi connectivity index (χ3v) is 7.43. The van der Waals surface area contributed by atoms with Crippen molar-refractivity contribution >= 4 is 26.6 Å². The molecular weight excluding hydrogens is 437 g/mol. The summed E-state index contributed by atoms with van der Waals surface area (Å²) in [5.41, 5.74) is 1.72. The lowest BCUT2D eigenvalue weighted by Gasteiger charge is -2.14. The van der Waals surface area contributed by atoms with Crippen LogP contribution in [0.1, 0.15) is 44.7 Å². The largest absolute Gasteiger partial charge is 0.417 e. The zero-order chi connectivity index (χ0) is 23.3. The highest BCUT2D eigenvalue weighted by molar-refractivity contribution is 7.91. The van der Waals surface area contributed by atoms with Crippen molar-refractivity contribution in [2.24, 2.45) is 10.3 Å². The van der Waals surface area contributed by atoms with Gasteiger partial charge in [-0.1, -0.05) is 44.2 Å². The van der Waals surface area contributed by atoms with Crippen LogP contribution in [-0.2, 0) is 22.7 Å². The van der Waals surface area contributed by atoms with Gasteiger partial charge in [0.1, 0.15) is 0 Å². The van der Waals surface area contributed by atoms with Crippen LogP contribution in [0.25, 0.3) is 22.0 Å². The van der Waals surface area contributed by atoms with E-state index in [1.165, 1.54) is 12.1 Å². The lowest BCUT2D eigenvalue weighted by Crippen LogP contribution is -2.07. The lowest BCUT2D eigenvalue weighted by molar-refractivity contribution is -0.137. The highest BCUT2D eigenvalue weighted by atomic mass is 32.2. The van der Waals surface area contributed by atoms with Gasteiger partial charge in [-0.25, -0.2) is 8.42 Å². The highest BCUT2D eigenvalue weighted by Gasteiger charge is 2.36. The third kappa shape index (κ3) is 4.46. The Morgan fingerprint density at radius 2 is 1.84 bits per heavy atom. The quantitative estimate of drug-likeness (QED) is 0.405. The summed E-state index contributed by atoms with van der Waals surface area (Å²) in [6.07, 6.45) is -1.34. The van der Waals surface area contributed by atoms with E-state index in [0.717, 1.165) is 17.0 Å². The summed E-state index contributed by atoms with van der Waals surface area (Å²) in [5, 5.41) is 0.373. The summed E-state index contributed by atoms with van der Waals surface area (Å²) in [4.78, 5) is 0. The number of benzene rings is 2. The van der Waals surface area contributed by atoms with Gasteiger partial charge in [-0.15, -0.1) is 0 Å². The molecule has 0 amide bonds. The molecule has 1 aliphatic carbocycles. The van der Waals surface area contributed by atoms with Crippen molar-refractivity contribution in [3.05, 3.63) is 59.8 Å². The first-order valence-electron chi connectivity index (χ1n) is 10.6. The van der Waals surface area contributed by atoms with Crippen LogP contribution >= 0.6 is 0 Å². The van der Waals surface area contributed by atoms with Gasteiger partial charge in [0, 0.05) is 29.2 Å². The molecule has 32 heavy (non-hydrogen) atoms. The number of aromatic nitrogens is 1. The van der Waals surface area contributed by atoms with Gasteiger partial charge in [-0.2, -0.15) is 17.6 Å². The van der Waals surface area contributed by atoms with E-state index >= 15 is 0 Å². The lowest BCUT2D eigenvalue weighted by atomic mass is 9.97. The first-order valence-corrected chi connectivity index (χ1v) is 12.1. The Labute approximate surface area is 185 Å². The zero-order valence-corrected chi connectivity index (χ0v) is 19.0. The molecule has 1 saturated carbocycles. The van der Waals surface area contributed by atoms with Crippen LogP contribution in [0.5, 0.6) is 0 Å². The Balaban J connectivity index is 1.88.